The largest absolute Gasteiger partial charge is 0.383 e. The summed E-state index contributed by atoms with van der Waals surface area (Å²) in [6.45, 7) is 5.61. The van der Waals surface area contributed by atoms with Crippen molar-refractivity contribution in [3.05, 3.63) is 35.6 Å². The van der Waals surface area contributed by atoms with E-state index in [-0.39, 0.29) is 18.2 Å². The van der Waals surface area contributed by atoms with Gasteiger partial charge in [-0.1, -0.05) is 18.2 Å². The molecule has 2 rings (SSSR count). The van der Waals surface area contributed by atoms with Gasteiger partial charge in [-0.05, 0) is 44.5 Å². The first-order valence-electron chi connectivity index (χ1n) is 7.45. The van der Waals surface area contributed by atoms with Crippen LogP contribution in [-0.2, 0) is 11.3 Å². The van der Waals surface area contributed by atoms with E-state index in [0.717, 1.165) is 50.8 Å². The van der Waals surface area contributed by atoms with Crippen LogP contribution in [0.2, 0.25) is 0 Å². The van der Waals surface area contributed by atoms with Gasteiger partial charge in [-0.25, -0.2) is 4.39 Å². The minimum Gasteiger partial charge on any atom is -0.383 e. The number of hydrogen-bond acceptors (Lipinski definition) is 3. The molecule has 1 aliphatic heterocycles. The molecule has 1 heterocycles. The van der Waals surface area contributed by atoms with E-state index in [4.69, 9.17) is 4.74 Å². The number of nitrogens with zero attached hydrogens (tertiary/aromatic N) is 1. The zero-order chi connectivity index (χ0) is 14.2. The van der Waals surface area contributed by atoms with E-state index in [2.05, 4.69) is 10.2 Å². The van der Waals surface area contributed by atoms with Crippen molar-refractivity contribution < 1.29 is 9.13 Å². The van der Waals surface area contributed by atoms with Crippen LogP contribution in [0, 0.1) is 11.7 Å². The fourth-order valence-corrected chi connectivity index (χ4v) is 2.70. The maximum atomic E-state index is 13.6. The van der Waals surface area contributed by atoms with Gasteiger partial charge < -0.3 is 10.1 Å². The Morgan fingerprint density at radius 2 is 2.00 bits per heavy atom. The molecule has 0 spiro atoms. The molecule has 120 valence electrons. The topological polar surface area (TPSA) is 24.5 Å². The Morgan fingerprint density at radius 3 is 2.67 bits per heavy atom. The molecule has 21 heavy (non-hydrogen) atoms. The highest BCUT2D eigenvalue weighted by Crippen LogP contribution is 2.19. The van der Waals surface area contributed by atoms with Gasteiger partial charge in [0.1, 0.15) is 5.82 Å². The number of methoxy groups -OCH3 is 1. The number of hydrogen-bond donors (Lipinski definition) is 1. The van der Waals surface area contributed by atoms with E-state index >= 15 is 0 Å². The molecular formula is C16H26ClFN2O. The molecule has 0 atom stereocenters. The molecule has 3 nitrogen and oxygen atoms in total. The van der Waals surface area contributed by atoms with E-state index < -0.39 is 0 Å². The maximum Gasteiger partial charge on any atom is 0.127 e. The molecule has 0 amide bonds. The van der Waals surface area contributed by atoms with Crippen molar-refractivity contribution in [2.45, 2.75) is 19.4 Å². The highest BCUT2D eigenvalue weighted by molar-refractivity contribution is 5.85. The molecular weight excluding hydrogens is 291 g/mol. The lowest BCUT2D eigenvalue weighted by Gasteiger charge is -2.32. The van der Waals surface area contributed by atoms with Crippen LogP contribution in [0.3, 0.4) is 0 Å². The van der Waals surface area contributed by atoms with Gasteiger partial charge in [-0.3, -0.25) is 4.90 Å². The lowest BCUT2D eigenvalue weighted by molar-refractivity contribution is 0.167. The van der Waals surface area contributed by atoms with Crippen molar-refractivity contribution in [3.8, 4) is 0 Å². The summed E-state index contributed by atoms with van der Waals surface area (Å²) in [5, 5.41) is 3.43. The van der Waals surface area contributed by atoms with Crippen LogP contribution >= 0.6 is 12.4 Å². The predicted octanol–water partition coefficient (Wildman–Crippen LogP) is 2.70. The second kappa shape index (κ2) is 10.1. The predicted molar refractivity (Wildman–Crippen MR) is 86.4 cm³/mol. The van der Waals surface area contributed by atoms with Crippen LogP contribution in [-0.4, -0.2) is 44.8 Å². The van der Waals surface area contributed by atoms with Crippen molar-refractivity contribution in [2.75, 3.05) is 39.9 Å². The smallest absolute Gasteiger partial charge is 0.127 e. The van der Waals surface area contributed by atoms with Gasteiger partial charge in [0.2, 0.25) is 0 Å². The van der Waals surface area contributed by atoms with Crippen LogP contribution < -0.4 is 5.32 Å². The Balaban J connectivity index is 0.00000220. The third-order valence-corrected chi connectivity index (χ3v) is 3.97. The first-order chi connectivity index (χ1) is 9.79. The number of benzene rings is 1. The minimum absolute atomic E-state index is 0. The second-order valence-corrected chi connectivity index (χ2v) is 5.51. The minimum atomic E-state index is -0.0872. The maximum absolute atomic E-state index is 13.6. The second-order valence-electron chi connectivity index (χ2n) is 5.51. The number of rotatable bonds is 7. The van der Waals surface area contributed by atoms with Crippen LogP contribution in [0.25, 0.3) is 0 Å². The standard InChI is InChI=1S/C16H25FN2O.ClH/c1-20-11-8-18-12-14-6-9-19(10-7-14)13-15-4-2-3-5-16(15)17;/h2-5,14,18H,6-13H2,1H3;1H. The van der Waals surface area contributed by atoms with Crippen LogP contribution in [0.1, 0.15) is 18.4 Å². The van der Waals surface area contributed by atoms with Gasteiger partial charge in [0.05, 0.1) is 6.61 Å². The van der Waals surface area contributed by atoms with E-state index in [1.807, 2.05) is 12.1 Å². The Morgan fingerprint density at radius 1 is 1.29 bits per heavy atom. The highest BCUT2D eigenvalue weighted by atomic mass is 35.5. The molecule has 0 unspecified atom stereocenters. The van der Waals surface area contributed by atoms with Crippen molar-refractivity contribution in [2.24, 2.45) is 5.92 Å². The first kappa shape index (κ1) is 18.4. The monoisotopic (exact) mass is 316 g/mol. The number of ether oxygens (including phenoxy) is 1. The van der Waals surface area contributed by atoms with E-state index in [0.29, 0.717) is 0 Å². The van der Waals surface area contributed by atoms with Gasteiger partial charge in [-0.15, -0.1) is 12.4 Å². The summed E-state index contributed by atoms with van der Waals surface area (Å²) in [6, 6.07) is 7.08. The first-order valence-corrected chi connectivity index (χ1v) is 7.45. The Bertz CT molecular complexity index is 398. The quantitative estimate of drug-likeness (QED) is 0.783. The molecule has 0 aliphatic carbocycles. The lowest BCUT2D eigenvalue weighted by atomic mass is 9.96. The molecule has 1 saturated heterocycles. The van der Waals surface area contributed by atoms with Gasteiger partial charge in [-0.2, -0.15) is 0 Å². The lowest BCUT2D eigenvalue weighted by Crippen LogP contribution is -2.37. The zero-order valence-corrected chi connectivity index (χ0v) is 13.5. The normalized spacial score (nSPS) is 16.7. The van der Waals surface area contributed by atoms with Crippen molar-refractivity contribution >= 4 is 12.4 Å². The Kier molecular flexibility index (Phi) is 8.85. The number of likely N-dealkylation sites (tertiary alicyclic amines) is 1. The van der Waals surface area contributed by atoms with E-state index in [1.165, 1.54) is 12.8 Å². The summed E-state index contributed by atoms with van der Waals surface area (Å²) < 4.78 is 18.6. The van der Waals surface area contributed by atoms with Gasteiger partial charge >= 0.3 is 0 Å². The van der Waals surface area contributed by atoms with Crippen LogP contribution in [0.15, 0.2) is 24.3 Å². The summed E-state index contributed by atoms with van der Waals surface area (Å²) in [5.74, 6) is 0.652. The number of piperidine rings is 1. The fraction of sp³-hybridized carbons (Fsp3) is 0.625. The van der Waals surface area contributed by atoms with Crippen LogP contribution in [0.4, 0.5) is 4.39 Å². The SMILES string of the molecule is COCCNCC1CCN(Cc2ccccc2F)CC1.Cl. The summed E-state index contributed by atoms with van der Waals surface area (Å²) in [5.41, 5.74) is 0.809. The molecule has 0 bridgehead atoms. The molecule has 1 aliphatic rings. The molecule has 5 heteroatoms. The zero-order valence-electron chi connectivity index (χ0n) is 12.7. The van der Waals surface area contributed by atoms with Crippen molar-refractivity contribution in [3.63, 3.8) is 0 Å². The fourth-order valence-electron chi connectivity index (χ4n) is 2.70. The number of halogens is 2. The van der Waals surface area contributed by atoms with Gasteiger partial charge in [0, 0.05) is 25.8 Å². The number of nitrogens with one attached hydrogen (secondary N) is 1. The van der Waals surface area contributed by atoms with Crippen molar-refractivity contribution in [1.29, 1.82) is 0 Å². The average Bonchev–Trinajstić information content (AvgIpc) is 2.48. The van der Waals surface area contributed by atoms with Gasteiger partial charge in [0.15, 0.2) is 0 Å². The summed E-state index contributed by atoms with van der Waals surface area (Å²) in [4.78, 5) is 2.35. The summed E-state index contributed by atoms with van der Waals surface area (Å²) in [6.07, 6.45) is 2.38. The molecule has 0 radical (unpaired) electrons. The third-order valence-electron chi connectivity index (χ3n) is 3.97. The molecule has 0 saturated carbocycles. The summed E-state index contributed by atoms with van der Waals surface area (Å²) >= 11 is 0. The molecule has 1 aromatic rings. The van der Waals surface area contributed by atoms with E-state index in [1.54, 1.807) is 19.2 Å². The Labute approximate surface area is 133 Å². The Hall–Kier alpha value is -0.680. The highest BCUT2D eigenvalue weighted by Gasteiger charge is 2.19. The van der Waals surface area contributed by atoms with Crippen LogP contribution in [0.5, 0.6) is 0 Å². The average molecular weight is 317 g/mol. The molecule has 0 aromatic heterocycles. The molecule has 1 N–H and O–H groups in total. The van der Waals surface area contributed by atoms with E-state index in [9.17, 15) is 4.39 Å². The third kappa shape index (κ3) is 6.30. The molecule has 1 aromatic carbocycles. The molecule has 1 fully saturated rings. The van der Waals surface area contributed by atoms with Crippen molar-refractivity contribution in [1.82, 2.24) is 10.2 Å². The van der Waals surface area contributed by atoms with Gasteiger partial charge in [0.25, 0.3) is 0 Å². The summed E-state index contributed by atoms with van der Waals surface area (Å²) in [7, 11) is 1.73.